The van der Waals surface area contributed by atoms with Crippen LogP contribution in [0.1, 0.15) is 6.92 Å². The summed E-state index contributed by atoms with van der Waals surface area (Å²) in [4.78, 5) is 10.2. The Bertz CT molecular complexity index is 591. The van der Waals surface area contributed by atoms with Gasteiger partial charge in [0.25, 0.3) is 0 Å². The van der Waals surface area contributed by atoms with Gasteiger partial charge in [-0.1, -0.05) is 6.07 Å². The molecule has 1 aromatic carbocycles. The van der Waals surface area contributed by atoms with Crippen molar-refractivity contribution in [1.82, 2.24) is 9.97 Å². The lowest BCUT2D eigenvalue weighted by Crippen LogP contribution is -2.19. The molecule has 1 N–H and O–H groups in total. The number of hydrogen-bond donors (Lipinski definition) is 1. The van der Waals surface area contributed by atoms with E-state index < -0.39 is 0 Å². The molecular weight excluding hydrogens is 259 g/mol. The molecule has 106 valence electrons. The molecule has 0 spiro atoms. The van der Waals surface area contributed by atoms with E-state index in [1.54, 1.807) is 20.2 Å². The van der Waals surface area contributed by atoms with Crippen LogP contribution in [-0.4, -0.2) is 30.7 Å². The fraction of sp³-hybridized carbons (Fsp3) is 0.286. The van der Waals surface area contributed by atoms with Crippen molar-refractivity contribution in [1.29, 1.82) is 0 Å². The Morgan fingerprint density at radius 2 is 2.15 bits per heavy atom. The monoisotopic (exact) mass is 276 g/mol. The number of nitrogens with zero attached hydrogens (tertiary/aromatic N) is 3. The van der Waals surface area contributed by atoms with Crippen LogP contribution in [0.5, 0.6) is 5.75 Å². The van der Waals surface area contributed by atoms with Crippen LogP contribution in [0.25, 0.3) is 0 Å². The number of rotatable bonds is 5. The highest BCUT2D eigenvalue weighted by atomic mass is 19.1. The molecule has 0 fully saturated rings. The van der Waals surface area contributed by atoms with Crippen molar-refractivity contribution >= 4 is 17.3 Å². The Morgan fingerprint density at radius 1 is 1.35 bits per heavy atom. The summed E-state index contributed by atoms with van der Waals surface area (Å²) in [7, 11) is 3.32. The molecule has 0 bridgehead atoms. The van der Waals surface area contributed by atoms with E-state index in [1.165, 1.54) is 18.5 Å². The maximum Gasteiger partial charge on any atom is 0.204 e. The molecule has 0 aliphatic carbocycles. The van der Waals surface area contributed by atoms with Crippen molar-refractivity contribution in [2.45, 2.75) is 6.92 Å². The van der Waals surface area contributed by atoms with Crippen molar-refractivity contribution in [2.24, 2.45) is 0 Å². The van der Waals surface area contributed by atoms with Gasteiger partial charge in [0.1, 0.15) is 12.1 Å². The number of nitrogens with one attached hydrogen (secondary N) is 1. The van der Waals surface area contributed by atoms with Gasteiger partial charge in [-0.25, -0.2) is 14.4 Å². The highest BCUT2D eigenvalue weighted by molar-refractivity contribution is 5.71. The van der Waals surface area contributed by atoms with Crippen molar-refractivity contribution in [3.05, 3.63) is 36.4 Å². The second-order valence-corrected chi connectivity index (χ2v) is 4.05. The predicted molar refractivity (Wildman–Crippen MR) is 77.2 cm³/mol. The van der Waals surface area contributed by atoms with Crippen LogP contribution in [0.3, 0.4) is 0 Å². The topological polar surface area (TPSA) is 50.3 Å². The maximum absolute atomic E-state index is 13.4. The lowest BCUT2D eigenvalue weighted by molar-refractivity contribution is 0.413. The van der Waals surface area contributed by atoms with Crippen molar-refractivity contribution in [3.63, 3.8) is 0 Å². The molecule has 0 saturated heterocycles. The Morgan fingerprint density at radius 3 is 2.75 bits per heavy atom. The van der Waals surface area contributed by atoms with Gasteiger partial charge in [0.05, 0.1) is 7.11 Å². The van der Waals surface area contributed by atoms with E-state index in [1.807, 2.05) is 17.9 Å². The van der Waals surface area contributed by atoms with Gasteiger partial charge in [-0.3, -0.25) is 0 Å². The highest BCUT2D eigenvalue weighted by Gasteiger charge is 2.18. The van der Waals surface area contributed by atoms with Gasteiger partial charge in [-0.2, -0.15) is 0 Å². The van der Waals surface area contributed by atoms with Crippen molar-refractivity contribution in [3.8, 4) is 5.75 Å². The van der Waals surface area contributed by atoms with Crippen LogP contribution in [0.2, 0.25) is 0 Å². The minimum absolute atomic E-state index is 0.289. The van der Waals surface area contributed by atoms with E-state index in [4.69, 9.17) is 4.74 Å². The minimum atomic E-state index is -0.289. The summed E-state index contributed by atoms with van der Waals surface area (Å²) < 4.78 is 18.8. The summed E-state index contributed by atoms with van der Waals surface area (Å²) in [6.45, 7) is 2.59. The highest BCUT2D eigenvalue weighted by Crippen LogP contribution is 2.35. The largest absolute Gasteiger partial charge is 0.490 e. The molecule has 0 saturated carbocycles. The number of aromatic nitrogens is 2. The molecule has 1 aromatic heterocycles. The SMILES string of the molecule is CCN(c1cccc(F)c1)c1ncnc(NC)c1OC. The van der Waals surface area contributed by atoms with E-state index in [0.717, 1.165) is 0 Å². The minimum Gasteiger partial charge on any atom is -0.490 e. The fourth-order valence-electron chi connectivity index (χ4n) is 2.02. The standard InChI is InChI=1S/C14H17FN4O/c1-4-19(11-7-5-6-10(15)8-11)14-12(20-3)13(16-2)17-9-18-14/h5-9H,4H2,1-3H3,(H,16,17,18). The summed E-state index contributed by atoms with van der Waals surface area (Å²) in [6, 6.07) is 6.37. The zero-order valence-electron chi connectivity index (χ0n) is 11.7. The average molecular weight is 276 g/mol. The van der Waals surface area contributed by atoms with E-state index in [2.05, 4.69) is 15.3 Å². The number of halogens is 1. The number of anilines is 3. The Balaban J connectivity index is 2.52. The molecule has 6 heteroatoms. The molecule has 0 aliphatic rings. The number of hydrogen-bond acceptors (Lipinski definition) is 5. The van der Waals surface area contributed by atoms with Gasteiger partial charge in [0, 0.05) is 19.3 Å². The first-order valence-corrected chi connectivity index (χ1v) is 6.31. The lowest BCUT2D eigenvalue weighted by atomic mass is 10.2. The summed E-state index contributed by atoms with van der Waals surface area (Å²) in [5.74, 6) is 1.43. The summed E-state index contributed by atoms with van der Waals surface area (Å²) in [5, 5.41) is 2.95. The first-order chi connectivity index (χ1) is 9.71. The smallest absolute Gasteiger partial charge is 0.204 e. The Kier molecular flexibility index (Phi) is 4.34. The van der Waals surface area contributed by atoms with Gasteiger partial charge in [0.2, 0.25) is 5.75 Å². The predicted octanol–water partition coefficient (Wildman–Crippen LogP) is 2.82. The molecule has 0 aliphatic heterocycles. The number of ether oxygens (including phenoxy) is 1. The second-order valence-electron chi connectivity index (χ2n) is 4.05. The van der Waals surface area contributed by atoms with Crippen LogP contribution in [0.15, 0.2) is 30.6 Å². The molecular formula is C14H17FN4O. The van der Waals surface area contributed by atoms with Gasteiger partial charge in [0.15, 0.2) is 11.6 Å². The van der Waals surface area contributed by atoms with Gasteiger partial charge in [-0.05, 0) is 25.1 Å². The lowest BCUT2D eigenvalue weighted by Gasteiger charge is -2.24. The molecule has 0 radical (unpaired) electrons. The molecule has 1 heterocycles. The van der Waals surface area contributed by atoms with Crippen molar-refractivity contribution < 1.29 is 9.13 Å². The number of methoxy groups -OCH3 is 1. The van der Waals surface area contributed by atoms with Gasteiger partial charge < -0.3 is 15.0 Å². The summed E-state index contributed by atoms with van der Waals surface area (Å²) >= 11 is 0. The quantitative estimate of drug-likeness (QED) is 0.910. The third-order valence-corrected chi connectivity index (χ3v) is 2.92. The molecule has 0 unspecified atom stereocenters. The molecule has 0 amide bonds. The number of benzene rings is 1. The van der Waals surface area contributed by atoms with Crippen LogP contribution >= 0.6 is 0 Å². The molecule has 2 rings (SSSR count). The first-order valence-electron chi connectivity index (χ1n) is 6.31. The van der Waals surface area contributed by atoms with Crippen LogP contribution in [0.4, 0.5) is 21.7 Å². The summed E-state index contributed by atoms with van der Waals surface area (Å²) in [6.07, 6.45) is 1.45. The molecule has 0 atom stereocenters. The second kappa shape index (κ2) is 6.18. The van der Waals surface area contributed by atoms with Crippen LogP contribution in [0, 0.1) is 5.82 Å². The fourth-order valence-corrected chi connectivity index (χ4v) is 2.02. The van der Waals surface area contributed by atoms with Crippen molar-refractivity contribution in [2.75, 3.05) is 30.9 Å². The van der Waals surface area contributed by atoms with Crippen LogP contribution in [-0.2, 0) is 0 Å². The molecule has 2 aromatic rings. The normalized spacial score (nSPS) is 10.2. The average Bonchev–Trinajstić information content (AvgIpc) is 2.47. The first kappa shape index (κ1) is 14.0. The Hall–Kier alpha value is -2.37. The molecule has 5 nitrogen and oxygen atoms in total. The van der Waals surface area contributed by atoms with Gasteiger partial charge >= 0.3 is 0 Å². The van der Waals surface area contributed by atoms with E-state index in [-0.39, 0.29) is 5.82 Å². The van der Waals surface area contributed by atoms with Crippen LogP contribution < -0.4 is 15.0 Å². The Labute approximate surface area is 117 Å². The van der Waals surface area contributed by atoms with E-state index >= 15 is 0 Å². The van der Waals surface area contributed by atoms with Gasteiger partial charge in [-0.15, -0.1) is 0 Å². The zero-order chi connectivity index (χ0) is 14.5. The molecule has 20 heavy (non-hydrogen) atoms. The summed E-state index contributed by atoms with van der Waals surface area (Å²) in [5.41, 5.74) is 0.714. The third kappa shape index (κ3) is 2.64. The van der Waals surface area contributed by atoms with E-state index in [9.17, 15) is 4.39 Å². The third-order valence-electron chi connectivity index (χ3n) is 2.92. The maximum atomic E-state index is 13.4. The zero-order valence-corrected chi connectivity index (χ0v) is 11.7. The van der Waals surface area contributed by atoms with E-state index in [0.29, 0.717) is 29.6 Å².